The van der Waals surface area contributed by atoms with Gasteiger partial charge in [0.25, 0.3) is 11.7 Å². The molecule has 0 bridgehead atoms. The molecule has 6 heteroatoms. The summed E-state index contributed by atoms with van der Waals surface area (Å²) >= 11 is 0. The molecule has 1 saturated heterocycles. The highest BCUT2D eigenvalue weighted by Gasteiger charge is 2.46. The van der Waals surface area contributed by atoms with Crippen LogP contribution in [0.3, 0.4) is 0 Å². The molecule has 1 atom stereocenters. The second-order valence-electron chi connectivity index (χ2n) is 7.71. The number of amides is 1. The van der Waals surface area contributed by atoms with Gasteiger partial charge in [0.1, 0.15) is 11.5 Å². The molecular formula is C23H26N2O4. The summed E-state index contributed by atoms with van der Waals surface area (Å²) in [6.07, 6.45) is 0. The highest BCUT2D eigenvalue weighted by Crippen LogP contribution is 2.40. The Morgan fingerprint density at radius 1 is 1.07 bits per heavy atom. The SMILES string of the molecule is Cc1ccc(C)c(C(O)=C2C(=O)C(=O)N(CCN(C)C)[C@@H]2c2ccc(O)cc2)c1. The van der Waals surface area contributed by atoms with Gasteiger partial charge in [-0.3, -0.25) is 9.59 Å². The summed E-state index contributed by atoms with van der Waals surface area (Å²) in [5.74, 6) is -1.40. The van der Waals surface area contributed by atoms with Gasteiger partial charge < -0.3 is 20.0 Å². The summed E-state index contributed by atoms with van der Waals surface area (Å²) in [7, 11) is 3.78. The third-order valence-corrected chi connectivity index (χ3v) is 5.19. The van der Waals surface area contributed by atoms with Crippen molar-refractivity contribution in [2.75, 3.05) is 27.2 Å². The first-order valence-corrected chi connectivity index (χ1v) is 9.50. The number of phenolic OH excluding ortho intramolecular Hbond substituents is 1. The maximum absolute atomic E-state index is 13.0. The Morgan fingerprint density at radius 3 is 2.34 bits per heavy atom. The summed E-state index contributed by atoms with van der Waals surface area (Å²) in [5.41, 5.74) is 3.04. The number of likely N-dealkylation sites (tertiary alicyclic amines) is 1. The summed E-state index contributed by atoms with van der Waals surface area (Å²) in [5, 5.41) is 20.8. The van der Waals surface area contributed by atoms with Crippen molar-refractivity contribution in [1.29, 1.82) is 0 Å². The van der Waals surface area contributed by atoms with Crippen molar-refractivity contribution >= 4 is 17.4 Å². The van der Waals surface area contributed by atoms with Crippen LogP contribution in [0, 0.1) is 13.8 Å². The maximum Gasteiger partial charge on any atom is 0.295 e. The first kappa shape index (κ1) is 20.6. The van der Waals surface area contributed by atoms with Crippen molar-refractivity contribution in [3.8, 4) is 5.75 Å². The Labute approximate surface area is 170 Å². The lowest BCUT2D eigenvalue weighted by Gasteiger charge is -2.26. The lowest BCUT2D eigenvalue weighted by atomic mass is 9.93. The number of likely N-dealkylation sites (N-methyl/N-ethyl adjacent to an activating group) is 1. The number of nitrogens with zero attached hydrogens (tertiary/aromatic N) is 2. The highest BCUT2D eigenvalue weighted by atomic mass is 16.3. The number of aliphatic hydroxyl groups excluding tert-OH is 1. The number of aryl methyl sites for hydroxylation is 2. The van der Waals surface area contributed by atoms with Crippen LogP contribution in [0.15, 0.2) is 48.0 Å². The third kappa shape index (κ3) is 4.03. The average molecular weight is 394 g/mol. The molecule has 1 aliphatic rings. The van der Waals surface area contributed by atoms with Gasteiger partial charge in [-0.15, -0.1) is 0 Å². The number of benzene rings is 2. The van der Waals surface area contributed by atoms with E-state index in [1.807, 2.05) is 51.0 Å². The van der Waals surface area contributed by atoms with Gasteiger partial charge in [-0.2, -0.15) is 0 Å². The number of aliphatic hydroxyl groups is 1. The molecule has 1 amide bonds. The van der Waals surface area contributed by atoms with E-state index in [1.54, 1.807) is 12.1 Å². The predicted octanol–water partition coefficient (Wildman–Crippen LogP) is 2.99. The number of phenols is 1. The van der Waals surface area contributed by atoms with Gasteiger partial charge in [0.2, 0.25) is 0 Å². The van der Waals surface area contributed by atoms with E-state index in [0.717, 1.165) is 11.1 Å². The number of rotatable bonds is 5. The van der Waals surface area contributed by atoms with E-state index in [1.165, 1.54) is 17.0 Å². The Kier molecular flexibility index (Phi) is 5.75. The van der Waals surface area contributed by atoms with Crippen LogP contribution in [0.25, 0.3) is 5.76 Å². The van der Waals surface area contributed by atoms with Gasteiger partial charge in [0.05, 0.1) is 11.6 Å². The fourth-order valence-electron chi connectivity index (χ4n) is 3.56. The Hall–Kier alpha value is -3.12. The standard InChI is InChI=1S/C23H26N2O4/c1-14-5-6-15(2)18(13-14)21(27)19-20(16-7-9-17(26)10-8-16)25(12-11-24(3)4)23(29)22(19)28/h5-10,13,20,26-27H,11-12H2,1-4H3/t20-/m1/s1. The maximum atomic E-state index is 13.0. The molecule has 2 N–H and O–H groups in total. The monoisotopic (exact) mass is 394 g/mol. The van der Waals surface area contributed by atoms with Crippen molar-refractivity contribution in [3.63, 3.8) is 0 Å². The van der Waals surface area contributed by atoms with Crippen molar-refractivity contribution < 1.29 is 19.8 Å². The minimum atomic E-state index is -0.713. The van der Waals surface area contributed by atoms with Crippen LogP contribution in [-0.2, 0) is 9.59 Å². The fraction of sp³-hybridized carbons (Fsp3) is 0.304. The minimum Gasteiger partial charge on any atom is -0.508 e. The largest absolute Gasteiger partial charge is 0.508 e. The van der Waals surface area contributed by atoms with Gasteiger partial charge in [0.15, 0.2) is 0 Å². The number of aromatic hydroxyl groups is 1. The molecule has 0 saturated carbocycles. The van der Waals surface area contributed by atoms with Crippen LogP contribution < -0.4 is 0 Å². The van der Waals surface area contributed by atoms with E-state index in [0.29, 0.717) is 24.2 Å². The zero-order chi connectivity index (χ0) is 21.3. The second kappa shape index (κ2) is 8.09. The molecule has 2 aromatic carbocycles. The van der Waals surface area contributed by atoms with E-state index in [9.17, 15) is 19.8 Å². The van der Waals surface area contributed by atoms with Gasteiger partial charge in [-0.25, -0.2) is 0 Å². The van der Waals surface area contributed by atoms with E-state index in [2.05, 4.69) is 0 Å². The zero-order valence-electron chi connectivity index (χ0n) is 17.1. The minimum absolute atomic E-state index is 0.0770. The number of ketones is 1. The first-order valence-electron chi connectivity index (χ1n) is 9.50. The molecule has 1 fully saturated rings. The molecule has 1 heterocycles. The smallest absolute Gasteiger partial charge is 0.295 e. The molecule has 6 nitrogen and oxygen atoms in total. The predicted molar refractivity (Wildman–Crippen MR) is 112 cm³/mol. The van der Waals surface area contributed by atoms with Gasteiger partial charge in [-0.1, -0.05) is 29.8 Å². The molecular weight excluding hydrogens is 368 g/mol. The lowest BCUT2D eigenvalue weighted by Crippen LogP contribution is -2.35. The van der Waals surface area contributed by atoms with Gasteiger partial charge >= 0.3 is 0 Å². The third-order valence-electron chi connectivity index (χ3n) is 5.19. The summed E-state index contributed by atoms with van der Waals surface area (Å²) in [6, 6.07) is 11.3. The number of hydrogen-bond acceptors (Lipinski definition) is 5. The Bertz CT molecular complexity index is 977. The molecule has 0 aliphatic carbocycles. The Balaban J connectivity index is 2.19. The average Bonchev–Trinajstić information content (AvgIpc) is 2.93. The number of hydrogen-bond donors (Lipinski definition) is 2. The number of Topliss-reactive ketones (excluding diaryl/α,β-unsaturated/α-hetero) is 1. The molecule has 29 heavy (non-hydrogen) atoms. The zero-order valence-corrected chi connectivity index (χ0v) is 17.1. The molecule has 0 unspecified atom stereocenters. The molecule has 1 aliphatic heterocycles. The topological polar surface area (TPSA) is 81.1 Å². The fourth-order valence-corrected chi connectivity index (χ4v) is 3.56. The first-order chi connectivity index (χ1) is 13.7. The van der Waals surface area contributed by atoms with Crippen LogP contribution in [0.4, 0.5) is 0 Å². The number of carbonyl (C=O) groups is 2. The van der Waals surface area contributed by atoms with Crippen molar-refractivity contribution in [1.82, 2.24) is 9.80 Å². The van der Waals surface area contributed by atoms with Crippen LogP contribution >= 0.6 is 0 Å². The van der Waals surface area contributed by atoms with Crippen molar-refractivity contribution in [3.05, 3.63) is 70.3 Å². The lowest BCUT2D eigenvalue weighted by molar-refractivity contribution is -0.140. The van der Waals surface area contributed by atoms with E-state index < -0.39 is 17.7 Å². The van der Waals surface area contributed by atoms with E-state index >= 15 is 0 Å². The van der Waals surface area contributed by atoms with Crippen LogP contribution in [0.1, 0.15) is 28.3 Å². The molecule has 3 rings (SSSR count). The molecule has 0 spiro atoms. The van der Waals surface area contributed by atoms with Crippen LogP contribution in [0.5, 0.6) is 5.75 Å². The molecule has 2 aromatic rings. The van der Waals surface area contributed by atoms with Crippen LogP contribution in [-0.4, -0.2) is 58.9 Å². The molecule has 0 aromatic heterocycles. The molecule has 0 radical (unpaired) electrons. The highest BCUT2D eigenvalue weighted by molar-refractivity contribution is 6.46. The van der Waals surface area contributed by atoms with E-state index in [-0.39, 0.29) is 17.1 Å². The van der Waals surface area contributed by atoms with E-state index in [4.69, 9.17) is 0 Å². The molecule has 152 valence electrons. The summed E-state index contributed by atoms with van der Waals surface area (Å²) < 4.78 is 0. The normalized spacial score (nSPS) is 18.7. The quantitative estimate of drug-likeness (QED) is 0.463. The van der Waals surface area contributed by atoms with Gasteiger partial charge in [0, 0.05) is 18.7 Å². The summed E-state index contributed by atoms with van der Waals surface area (Å²) in [6.45, 7) is 4.67. The van der Waals surface area contributed by atoms with Crippen molar-refractivity contribution in [2.24, 2.45) is 0 Å². The Morgan fingerprint density at radius 2 is 1.72 bits per heavy atom. The van der Waals surface area contributed by atoms with Gasteiger partial charge in [-0.05, 0) is 57.3 Å². The number of carbonyl (C=O) groups excluding carboxylic acids is 2. The summed E-state index contributed by atoms with van der Waals surface area (Å²) in [4.78, 5) is 29.2. The van der Waals surface area contributed by atoms with Crippen LogP contribution in [0.2, 0.25) is 0 Å². The van der Waals surface area contributed by atoms with Crippen molar-refractivity contribution in [2.45, 2.75) is 19.9 Å². The second-order valence-corrected chi connectivity index (χ2v) is 7.71.